The van der Waals surface area contributed by atoms with Crippen molar-refractivity contribution < 1.29 is 0 Å². The Kier molecular flexibility index (Phi) is 4.66. The van der Waals surface area contributed by atoms with Crippen LogP contribution >= 0.6 is 22.9 Å². The number of fused-ring (bicyclic) bond motifs is 1. The molecular weight excluding hydrogens is 262 g/mol. The monoisotopic (exact) mass is 281 g/mol. The fourth-order valence-electron chi connectivity index (χ4n) is 2.05. The average molecular weight is 282 g/mol. The van der Waals surface area contributed by atoms with Crippen molar-refractivity contribution in [2.45, 2.75) is 26.8 Å². The number of alkyl halides is 1. The van der Waals surface area contributed by atoms with Crippen LogP contribution in [0.3, 0.4) is 0 Å². The highest BCUT2D eigenvalue weighted by molar-refractivity contribution is 7.17. The van der Waals surface area contributed by atoms with Gasteiger partial charge in [0.2, 0.25) is 0 Å². The molecule has 18 heavy (non-hydrogen) atoms. The molecule has 0 aliphatic rings. The molecule has 0 radical (unpaired) electrons. The zero-order chi connectivity index (χ0) is 13.0. The lowest BCUT2D eigenvalue weighted by molar-refractivity contribution is 0.330. The van der Waals surface area contributed by atoms with Gasteiger partial charge in [-0.15, -0.1) is 22.9 Å². The molecule has 1 N–H and O–H groups in total. The van der Waals surface area contributed by atoms with Gasteiger partial charge in [0.05, 0.1) is 0 Å². The van der Waals surface area contributed by atoms with Crippen molar-refractivity contribution in [3.63, 3.8) is 0 Å². The molecule has 98 valence electrons. The van der Waals surface area contributed by atoms with Crippen LogP contribution in [-0.4, -0.2) is 12.4 Å². The molecule has 0 aliphatic heterocycles. The maximum atomic E-state index is 5.82. The van der Waals surface area contributed by atoms with Gasteiger partial charge in [0, 0.05) is 23.7 Å². The molecule has 1 nitrogen and oxygen atoms in total. The van der Waals surface area contributed by atoms with E-state index in [1.54, 1.807) is 0 Å². The SMILES string of the molecule is CC(C)(CCCl)CNCc1csc2ccccc12. The van der Waals surface area contributed by atoms with Crippen LogP contribution in [0.15, 0.2) is 29.6 Å². The summed E-state index contributed by atoms with van der Waals surface area (Å²) in [7, 11) is 0. The van der Waals surface area contributed by atoms with E-state index in [4.69, 9.17) is 11.6 Å². The summed E-state index contributed by atoms with van der Waals surface area (Å²) in [6.45, 7) is 6.46. The number of halogens is 1. The average Bonchev–Trinajstić information content (AvgIpc) is 2.73. The highest BCUT2D eigenvalue weighted by atomic mass is 35.5. The number of nitrogens with one attached hydrogen (secondary N) is 1. The third-order valence-electron chi connectivity index (χ3n) is 3.25. The molecule has 0 bridgehead atoms. The second kappa shape index (κ2) is 6.05. The lowest BCUT2D eigenvalue weighted by Crippen LogP contribution is -2.29. The molecule has 2 rings (SSSR count). The van der Waals surface area contributed by atoms with E-state index in [2.05, 4.69) is 48.8 Å². The fourth-order valence-corrected chi connectivity index (χ4v) is 3.52. The van der Waals surface area contributed by atoms with Crippen molar-refractivity contribution >= 4 is 33.0 Å². The Morgan fingerprint density at radius 2 is 2.06 bits per heavy atom. The van der Waals surface area contributed by atoms with Crippen LogP contribution in [0.1, 0.15) is 25.8 Å². The van der Waals surface area contributed by atoms with Gasteiger partial charge in [-0.1, -0.05) is 32.0 Å². The lowest BCUT2D eigenvalue weighted by atomic mass is 9.90. The minimum atomic E-state index is 0.271. The maximum absolute atomic E-state index is 5.82. The molecule has 0 saturated heterocycles. The van der Waals surface area contributed by atoms with Crippen LogP contribution in [0.2, 0.25) is 0 Å². The van der Waals surface area contributed by atoms with Crippen molar-refractivity contribution in [2.75, 3.05) is 12.4 Å². The quantitative estimate of drug-likeness (QED) is 0.760. The summed E-state index contributed by atoms with van der Waals surface area (Å²) in [4.78, 5) is 0. The van der Waals surface area contributed by atoms with Gasteiger partial charge in [-0.05, 0) is 34.2 Å². The molecule has 0 fully saturated rings. The molecule has 0 aliphatic carbocycles. The molecule has 2 aromatic rings. The van der Waals surface area contributed by atoms with E-state index in [0.29, 0.717) is 0 Å². The van der Waals surface area contributed by atoms with Crippen LogP contribution < -0.4 is 5.32 Å². The predicted octanol–water partition coefficient (Wildman–Crippen LogP) is 4.65. The van der Waals surface area contributed by atoms with Crippen LogP contribution in [0.5, 0.6) is 0 Å². The molecule has 1 aromatic carbocycles. The van der Waals surface area contributed by atoms with Gasteiger partial charge >= 0.3 is 0 Å². The number of rotatable bonds is 6. The zero-order valence-corrected chi connectivity index (χ0v) is 12.6. The molecule has 1 aromatic heterocycles. The fraction of sp³-hybridized carbons (Fsp3) is 0.467. The van der Waals surface area contributed by atoms with E-state index in [0.717, 1.165) is 25.4 Å². The first-order valence-corrected chi connectivity index (χ1v) is 7.76. The van der Waals surface area contributed by atoms with Gasteiger partial charge in [0.1, 0.15) is 0 Å². The van der Waals surface area contributed by atoms with E-state index in [1.807, 2.05) is 11.3 Å². The van der Waals surface area contributed by atoms with Crippen LogP contribution in [0.25, 0.3) is 10.1 Å². The zero-order valence-electron chi connectivity index (χ0n) is 11.0. The molecule has 0 unspecified atom stereocenters. The lowest BCUT2D eigenvalue weighted by Gasteiger charge is -2.23. The minimum Gasteiger partial charge on any atom is -0.312 e. The Labute approximate surface area is 118 Å². The first-order chi connectivity index (χ1) is 8.62. The summed E-state index contributed by atoms with van der Waals surface area (Å²) >= 11 is 7.64. The van der Waals surface area contributed by atoms with E-state index in [1.165, 1.54) is 15.6 Å². The first-order valence-electron chi connectivity index (χ1n) is 6.34. The van der Waals surface area contributed by atoms with Gasteiger partial charge in [0.15, 0.2) is 0 Å². The van der Waals surface area contributed by atoms with Crippen molar-refractivity contribution in [2.24, 2.45) is 5.41 Å². The summed E-state index contributed by atoms with van der Waals surface area (Å²) in [5, 5.41) is 7.19. The Balaban J connectivity index is 1.94. The summed E-state index contributed by atoms with van der Waals surface area (Å²) < 4.78 is 1.37. The summed E-state index contributed by atoms with van der Waals surface area (Å²) in [6.07, 6.45) is 1.05. The van der Waals surface area contributed by atoms with Gasteiger partial charge in [-0.25, -0.2) is 0 Å². The van der Waals surface area contributed by atoms with Crippen LogP contribution in [0, 0.1) is 5.41 Å². The standard InChI is InChI=1S/C15H20ClNS/c1-15(2,7-8-16)11-17-9-12-10-18-14-6-4-3-5-13(12)14/h3-6,10,17H,7-9,11H2,1-2H3. The Bertz CT molecular complexity index is 504. The minimum absolute atomic E-state index is 0.271. The van der Waals surface area contributed by atoms with E-state index >= 15 is 0 Å². The molecule has 1 heterocycles. The second-order valence-corrected chi connectivity index (χ2v) is 6.75. The highest BCUT2D eigenvalue weighted by Gasteiger charge is 2.16. The van der Waals surface area contributed by atoms with E-state index in [9.17, 15) is 0 Å². The third kappa shape index (κ3) is 3.47. The van der Waals surface area contributed by atoms with E-state index < -0.39 is 0 Å². The number of benzene rings is 1. The Morgan fingerprint density at radius 1 is 1.28 bits per heavy atom. The summed E-state index contributed by atoms with van der Waals surface area (Å²) in [5.41, 5.74) is 1.67. The van der Waals surface area contributed by atoms with Crippen LogP contribution in [-0.2, 0) is 6.54 Å². The molecule has 0 spiro atoms. The van der Waals surface area contributed by atoms with Crippen LogP contribution in [0.4, 0.5) is 0 Å². The van der Waals surface area contributed by atoms with Crippen molar-refractivity contribution in [1.29, 1.82) is 0 Å². The number of thiophene rings is 1. The second-order valence-electron chi connectivity index (χ2n) is 5.46. The highest BCUT2D eigenvalue weighted by Crippen LogP contribution is 2.26. The molecule has 0 amide bonds. The molecule has 0 saturated carbocycles. The first kappa shape index (κ1) is 13.9. The normalized spacial score (nSPS) is 12.2. The number of hydrogen-bond donors (Lipinski definition) is 1. The van der Waals surface area contributed by atoms with Crippen molar-refractivity contribution in [1.82, 2.24) is 5.32 Å². The van der Waals surface area contributed by atoms with Gasteiger partial charge in [-0.3, -0.25) is 0 Å². The van der Waals surface area contributed by atoms with Gasteiger partial charge in [0.25, 0.3) is 0 Å². The summed E-state index contributed by atoms with van der Waals surface area (Å²) in [5.74, 6) is 0.732. The van der Waals surface area contributed by atoms with Gasteiger partial charge < -0.3 is 5.32 Å². The molecular formula is C15H20ClNS. The molecule has 0 atom stereocenters. The Morgan fingerprint density at radius 3 is 2.83 bits per heavy atom. The van der Waals surface area contributed by atoms with Crippen molar-refractivity contribution in [3.05, 3.63) is 35.2 Å². The predicted molar refractivity (Wildman–Crippen MR) is 82.6 cm³/mol. The third-order valence-corrected chi connectivity index (χ3v) is 4.45. The van der Waals surface area contributed by atoms with Crippen molar-refractivity contribution in [3.8, 4) is 0 Å². The van der Waals surface area contributed by atoms with E-state index in [-0.39, 0.29) is 5.41 Å². The molecule has 3 heteroatoms. The topological polar surface area (TPSA) is 12.0 Å². The maximum Gasteiger partial charge on any atom is 0.0346 e. The Hall–Kier alpha value is -0.570. The smallest absolute Gasteiger partial charge is 0.0346 e. The summed E-state index contributed by atoms with van der Waals surface area (Å²) in [6, 6.07) is 8.59. The van der Waals surface area contributed by atoms with Gasteiger partial charge in [-0.2, -0.15) is 0 Å². The number of hydrogen-bond acceptors (Lipinski definition) is 2. The largest absolute Gasteiger partial charge is 0.312 e.